The highest BCUT2D eigenvalue weighted by molar-refractivity contribution is 6.35. The van der Waals surface area contributed by atoms with Crippen molar-refractivity contribution in [1.29, 1.82) is 0 Å². The Labute approximate surface area is 163 Å². The third-order valence-corrected chi connectivity index (χ3v) is 5.96. The van der Waals surface area contributed by atoms with Gasteiger partial charge in [-0.2, -0.15) is 13.2 Å². The Balaban J connectivity index is 1.90. The molecule has 2 aliphatic rings. The van der Waals surface area contributed by atoms with Gasteiger partial charge in [-0.25, -0.2) is 0 Å². The Hall–Kier alpha value is -1.36. The number of benzene rings is 2. The fourth-order valence-electron chi connectivity index (χ4n) is 3.96. The molecule has 1 aliphatic carbocycles. The van der Waals surface area contributed by atoms with Gasteiger partial charge in [0.1, 0.15) is 0 Å². The van der Waals surface area contributed by atoms with Crippen molar-refractivity contribution in [2.75, 3.05) is 5.32 Å². The number of nitrogens with one attached hydrogen (secondary N) is 1. The van der Waals surface area contributed by atoms with Crippen LogP contribution in [0.4, 0.5) is 18.9 Å². The topological polar surface area (TPSA) is 12.0 Å². The Morgan fingerprint density at radius 3 is 2.46 bits per heavy atom. The smallest absolute Gasteiger partial charge is 0.377 e. The number of alkyl halides is 3. The Kier molecular flexibility index (Phi) is 4.41. The highest BCUT2D eigenvalue weighted by Gasteiger charge is 2.44. The molecule has 0 saturated heterocycles. The van der Waals surface area contributed by atoms with Crippen molar-refractivity contribution in [2.45, 2.75) is 24.6 Å². The summed E-state index contributed by atoms with van der Waals surface area (Å²) in [6, 6.07) is 7.04. The van der Waals surface area contributed by atoms with Crippen LogP contribution in [0.2, 0.25) is 15.1 Å². The van der Waals surface area contributed by atoms with E-state index in [4.69, 9.17) is 34.8 Å². The molecule has 0 bridgehead atoms. The van der Waals surface area contributed by atoms with Gasteiger partial charge in [0.2, 0.25) is 0 Å². The molecule has 0 unspecified atom stereocenters. The molecular formula is C19H13Cl3F3N. The lowest BCUT2D eigenvalue weighted by Crippen LogP contribution is -2.31. The minimum Gasteiger partial charge on any atom is -0.377 e. The van der Waals surface area contributed by atoms with Crippen molar-refractivity contribution in [3.63, 3.8) is 0 Å². The van der Waals surface area contributed by atoms with E-state index < -0.39 is 11.7 Å². The average molecular weight is 419 g/mol. The van der Waals surface area contributed by atoms with Gasteiger partial charge in [0.25, 0.3) is 0 Å². The van der Waals surface area contributed by atoms with Crippen molar-refractivity contribution in [3.05, 3.63) is 74.2 Å². The maximum Gasteiger partial charge on any atom is 0.418 e. The van der Waals surface area contributed by atoms with Crippen LogP contribution in [0, 0.1) is 5.92 Å². The first-order valence-electron chi connectivity index (χ1n) is 8.05. The highest BCUT2D eigenvalue weighted by Crippen LogP contribution is 2.55. The SMILES string of the molecule is FC(F)(F)c1ccc(Cl)c2c1N[C@H](c1ccc(Cl)cc1Cl)[C@@H]1CC=C[C@@H]21. The Morgan fingerprint density at radius 1 is 1.00 bits per heavy atom. The molecule has 26 heavy (non-hydrogen) atoms. The maximum atomic E-state index is 13.6. The molecule has 0 radical (unpaired) electrons. The maximum absolute atomic E-state index is 13.6. The summed E-state index contributed by atoms with van der Waals surface area (Å²) in [4.78, 5) is 0. The third kappa shape index (κ3) is 2.88. The summed E-state index contributed by atoms with van der Waals surface area (Å²) in [6.07, 6.45) is 0.172. The first-order valence-corrected chi connectivity index (χ1v) is 9.18. The minimum atomic E-state index is -4.48. The van der Waals surface area contributed by atoms with E-state index in [9.17, 15) is 13.2 Å². The fourth-order valence-corrected chi connectivity index (χ4v) is 4.77. The number of halogens is 6. The lowest BCUT2D eigenvalue weighted by molar-refractivity contribution is -0.137. The van der Waals surface area contributed by atoms with Gasteiger partial charge < -0.3 is 5.32 Å². The monoisotopic (exact) mass is 417 g/mol. The first kappa shape index (κ1) is 18.0. The number of rotatable bonds is 1. The van der Waals surface area contributed by atoms with Gasteiger partial charge in [-0.1, -0.05) is 53.0 Å². The summed E-state index contributed by atoms with van der Waals surface area (Å²) in [5.41, 5.74) is 0.551. The lowest BCUT2D eigenvalue weighted by Gasteiger charge is -2.39. The van der Waals surface area contributed by atoms with E-state index in [0.717, 1.165) is 18.1 Å². The first-order chi connectivity index (χ1) is 12.3. The molecule has 0 amide bonds. The molecule has 0 fully saturated rings. The van der Waals surface area contributed by atoms with Crippen LogP contribution in [-0.4, -0.2) is 0 Å². The largest absolute Gasteiger partial charge is 0.418 e. The summed E-state index contributed by atoms with van der Waals surface area (Å²) in [5, 5.41) is 4.34. The van der Waals surface area contributed by atoms with Gasteiger partial charge in [0.05, 0.1) is 17.3 Å². The summed E-state index contributed by atoms with van der Waals surface area (Å²) in [7, 11) is 0. The van der Waals surface area contributed by atoms with Crippen molar-refractivity contribution >= 4 is 40.5 Å². The normalized spacial score (nSPS) is 24.2. The fraction of sp³-hybridized carbons (Fsp3) is 0.263. The van der Waals surface area contributed by atoms with Gasteiger partial charge in [0.15, 0.2) is 0 Å². The van der Waals surface area contributed by atoms with Crippen molar-refractivity contribution in [3.8, 4) is 0 Å². The van der Waals surface area contributed by atoms with E-state index in [1.807, 2.05) is 12.2 Å². The van der Waals surface area contributed by atoms with Crippen LogP contribution in [0.1, 0.15) is 35.1 Å². The predicted octanol–water partition coefficient (Wildman–Crippen LogP) is 7.49. The second-order valence-corrected chi connectivity index (χ2v) is 7.77. The molecule has 2 aromatic rings. The highest BCUT2D eigenvalue weighted by atomic mass is 35.5. The van der Waals surface area contributed by atoms with E-state index in [1.165, 1.54) is 6.07 Å². The summed E-state index contributed by atoms with van der Waals surface area (Å²) in [5.74, 6) is -0.167. The van der Waals surface area contributed by atoms with Crippen LogP contribution in [0.15, 0.2) is 42.5 Å². The number of hydrogen-bond acceptors (Lipinski definition) is 1. The Morgan fingerprint density at radius 2 is 1.77 bits per heavy atom. The van der Waals surface area contributed by atoms with Crippen molar-refractivity contribution in [2.24, 2.45) is 5.92 Å². The van der Waals surface area contributed by atoms with Crippen LogP contribution in [0.25, 0.3) is 0 Å². The summed E-state index contributed by atoms with van der Waals surface area (Å²) >= 11 is 18.6. The van der Waals surface area contributed by atoms with E-state index in [1.54, 1.807) is 18.2 Å². The van der Waals surface area contributed by atoms with Crippen molar-refractivity contribution in [1.82, 2.24) is 0 Å². The number of allylic oxidation sites excluding steroid dienone is 2. The number of anilines is 1. The Bertz CT molecular complexity index is 908. The molecule has 0 saturated carbocycles. The summed E-state index contributed by atoms with van der Waals surface area (Å²) in [6.45, 7) is 0. The molecular weight excluding hydrogens is 406 g/mol. The second-order valence-electron chi connectivity index (χ2n) is 6.52. The molecule has 0 spiro atoms. The third-order valence-electron chi connectivity index (χ3n) is 5.07. The number of hydrogen-bond donors (Lipinski definition) is 1. The van der Waals surface area contributed by atoms with Gasteiger partial charge in [0, 0.05) is 26.5 Å². The van der Waals surface area contributed by atoms with Crippen LogP contribution in [-0.2, 0) is 6.18 Å². The zero-order valence-corrected chi connectivity index (χ0v) is 15.5. The predicted molar refractivity (Wildman–Crippen MR) is 99.3 cm³/mol. The van der Waals surface area contributed by atoms with Crippen LogP contribution in [0.3, 0.4) is 0 Å². The molecule has 4 rings (SSSR count). The second kappa shape index (κ2) is 6.36. The van der Waals surface area contributed by atoms with Gasteiger partial charge >= 0.3 is 6.18 Å². The molecule has 1 aliphatic heterocycles. The quantitative estimate of drug-likeness (QED) is 0.473. The van der Waals surface area contributed by atoms with Gasteiger partial charge in [-0.3, -0.25) is 0 Å². The molecule has 1 N–H and O–H groups in total. The zero-order valence-electron chi connectivity index (χ0n) is 13.2. The molecule has 1 nitrogen and oxygen atoms in total. The van der Waals surface area contributed by atoms with E-state index in [0.29, 0.717) is 20.6 Å². The zero-order chi connectivity index (χ0) is 18.6. The summed E-state index contributed by atoms with van der Waals surface area (Å²) < 4.78 is 40.7. The van der Waals surface area contributed by atoms with Crippen LogP contribution in [0.5, 0.6) is 0 Å². The molecule has 136 valence electrons. The lowest BCUT2D eigenvalue weighted by atomic mass is 9.76. The van der Waals surface area contributed by atoms with E-state index in [-0.39, 0.29) is 23.6 Å². The minimum absolute atomic E-state index is 0.0298. The standard InChI is InChI=1S/C19H13Cl3F3N/c20-9-4-5-12(15(22)8-9)17-11-3-1-2-10(11)16-14(21)7-6-13(18(16)26-17)19(23,24)25/h1-2,4-8,10-11,17,26H,3H2/t10-,11-,17+/m1/s1. The van der Waals surface area contributed by atoms with Crippen LogP contribution >= 0.6 is 34.8 Å². The number of fused-ring (bicyclic) bond motifs is 3. The van der Waals surface area contributed by atoms with E-state index >= 15 is 0 Å². The molecule has 7 heteroatoms. The van der Waals surface area contributed by atoms with Crippen molar-refractivity contribution < 1.29 is 13.2 Å². The average Bonchev–Trinajstić information content (AvgIpc) is 3.02. The van der Waals surface area contributed by atoms with E-state index in [2.05, 4.69) is 5.32 Å². The van der Waals surface area contributed by atoms with Crippen LogP contribution < -0.4 is 5.32 Å². The van der Waals surface area contributed by atoms with Gasteiger partial charge in [-0.15, -0.1) is 0 Å². The molecule has 0 aromatic heterocycles. The molecule has 1 heterocycles. The molecule has 2 aromatic carbocycles. The molecule has 3 atom stereocenters. The van der Waals surface area contributed by atoms with Gasteiger partial charge in [-0.05, 0) is 42.2 Å².